The molecule has 1 aliphatic rings. The summed E-state index contributed by atoms with van der Waals surface area (Å²) in [6, 6.07) is 1.89. The van der Waals surface area contributed by atoms with Crippen LogP contribution in [0.4, 0.5) is 4.79 Å². The standard InChI is InChI=1S/C14H25N3O5S/c1-14(2,3)22-13(19)17-9-11(12(18)10-17)8-16-23(20,21)7-5-4-6-15/h11-12,16,18H,4-5,7-10H2,1-3H3/t11-,12-/m0/s1. The average molecular weight is 347 g/mol. The maximum Gasteiger partial charge on any atom is 0.410 e. The molecular formula is C14H25N3O5S. The normalized spacial score (nSPS) is 22.0. The summed E-state index contributed by atoms with van der Waals surface area (Å²) in [6.45, 7) is 5.67. The summed E-state index contributed by atoms with van der Waals surface area (Å²) in [7, 11) is -3.48. The van der Waals surface area contributed by atoms with Gasteiger partial charge in [-0.2, -0.15) is 5.26 Å². The third-order valence-corrected chi connectivity index (χ3v) is 4.76. The quantitative estimate of drug-likeness (QED) is 0.673. The van der Waals surface area contributed by atoms with Gasteiger partial charge in [0.15, 0.2) is 0 Å². The second-order valence-electron chi connectivity index (χ2n) is 6.64. The first-order chi connectivity index (χ1) is 10.5. The number of nitriles is 1. The van der Waals surface area contributed by atoms with E-state index in [1.54, 1.807) is 20.8 Å². The molecule has 2 atom stereocenters. The molecule has 0 unspecified atom stereocenters. The molecule has 1 rings (SSSR count). The van der Waals surface area contributed by atoms with Gasteiger partial charge in [0, 0.05) is 25.4 Å². The van der Waals surface area contributed by atoms with E-state index in [0.29, 0.717) is 0 Å². The van der Waals surface area contributed by atoms with Crippen molar-refractivity contribution in [3.8, 4) is 6.07 Å². The molecule has 1 fully saturated rings. The van der Waals surface area contributed by atoms with E-state index in [2.05, 4.69) is 4.72 Å². The second-order valence-corrected chi connectivity index (χ2v) is 8.57. The zero-order valence-electron chi connectivity index (χ0n) is 13.8. The highest BCUT2D eigenvalue weighted by Gasteiger charge is 2.36. The molecule has 0 radical (unpaired) electrons. The number of sulfonamides is 1. The third kappa shape index (κ3) is 7.16. The van der Waals surface area contributed by atoms with Gasteiger partial charge in [-0.15, -0.1) is 0 Å². The number of ether oxygens (including phenoxy) is 1. The Labute approximate surface area is 137 Å². The van der Waals surface area contributed by atoms with Crippen molar-refractivity contribution in [2.75, 3.05) is 25.4 Å². The Bertz CT molecular complexity index is 550. The van der Waals surface area contributed by atoms with Crippen molar-refractivity contribution in [1.29, 1.82) is 5.26 Å². The van der Waals surface area contributed by atoms with Crippen molar-refractivity contribution in [2.45, 2.75) is 45.3 Å². The molecular weight excluding hydrogens is 322 g/mol. The fraction of sp³-hybridized carbons (Fsp3) is 0.857. The number of aliphatic hydroxyl groups excluding tert-OH is 1. The number of unbranched alkanes of at least 4 members (excludes halogenated alkanes) is 1. The lowest BCUT2D eigenvalue weighted by Crippen LogP contribution is -2.37. The number of hydrogen-bond acceptors (Lipinski definition) is 6. The average Bonchev–Trinajstić information content (AvgIpc) is 2.76. The van der Waals surface area contributed by atoms with Crippen LogP contribution in [0.5, 0.6) is 0 Å². The summed E-state index contributed by atoms with van der Waals surface area (Å²) in [5.41, 5.74) is -0.623. The zero-order chi connectivity index (χ0) is 17.7. The molecule has 0 bridgehead atoms. The Morgan fingerprint density at radius 3 is 2.65 bits per heavy atom. The molecule has 2 N–H and O–H groups in total. The van der Waals surface area contributed by atoms with Crippen LogP contribution in [-0.2, 0) is 14.8 Å². The molecule has 8 nitrogen and oxygen atoms in total. The molecule has 1 saturated heterocycles. The van der Waals surface area contributed by atoms with Crippen LogP contribution in [0, 0.1) is 17.2 Å². The van der Waals surface area contributed by atoms with Crippen LogP contribution < -0.4 is 4.72 Å². The molecule has 0 aromatic rings. The van der Waals surface area contributed by atoms with E-state index >= 15 is 0 Å². The van der Waals surface area contributed by atoms with E-state index in [0.717, 1.165) is 0 Å². The van der Waals surface area contributed by atoms with Crippen LogP contribution in [0.25, 0.3) is 0 Å². The Kier molecular flexibility index (Phi) is 6.80. The summed E-state index contributed by atoms with van der Waals surface area (Å²) in [6.07, 6.45) is -0.872. The molecule has 1 heterocycles. The van der Waals surface area contributed by atoms with Gasteiger partial charge >= 0.3 is 6.09 Å². The summed E-state index contributed by atoms with van der Waals surface area (Å²) in [4.78, 5) is 13.3. The number of likely N-dealkylation sites (tertiary alicyclic amines) is 1. The van der Waals surface area contributed by atoms with Gasteiger partial charge in [-0.25, -0.2) is 17.9 Å². The molecule has 23 heavy (non-hydrogen) atoms. The highest BCUT2D eigenvalue weighted by molar-refractivity contribution is 7.89. The van der Waals surface area contributed by atoms with E-state index < -0.39 is 27.8 Å². The second kappa shape index (κ2) is 7.95. The van der Waals surface area contributed by atoms with Gasteiger partial charge in [-0.05, 0) is 27.2 Å². The number of carbonyl (C=O) groups excluding carboxylic acids is 1. The van der Waals surface area contributed by atoms with Gasteiger partial charge in [0.25, 0.3) is 0 Å². The molecule has 0 saturated carbocycles. The lowest BCUT2D eigenvalue weighted by molar-refractivity contribution is 0.0270. The van der Waals surface area contributed by atoms with E-state index in [1.807, 2.05) is 6.07 Å². The maximum absolute atomic E-state index is 12.0. The van der Waals surface area contributed by atoms with Gasteiger partial charge in [-0.3, -0.25) is 0 Å². The van der Waals surface area contributed by atoms with E-state index in [4.69, 9.17) is 10.00 Å². The number of hydrogen-bond donors (Lipinski definition) is 2. The number of nitrogens with one attached hydrogen (secondary N) is 1. The first kappa shape index (κ1) is 19.7. The molecule has 0 aromatic carbocycles. The van der Waals surface area contributed by atoms with Gasteiger partial charge in [-0.1, -0.05) is 0 Å². The van der Waals surface area contributed by atoms with Gasteiger partial charge in [0.05, 0.1) is 24.5 Å². The summed E-state index contributed by atoms with van der Waals surface area (Å²) in [5, 5.41) is 18.4. The molecule has 0 spiro atoms. The number of amides is 1. The Hall–Kier alpha value is -1.37. The minimum atomic E-state index is -3.48. The van der Waals surface area contributed by atoms with Crippen molar-refractivity contribution >= 4 is 16.1 Å². The Balaban J connectivity index is 2.47. The lowest BCUT2D eigenvalue weighted by atomic mass is 10.1. The SMILES string of the molecule is CC(C)(C)OC(=O)N1C[C@H](CNS(=O)(=O)CCCC#N)[C@@H](O)C1. The molecule has 0 aliphatic carbocycles. The first-order valence-corrected chi connectivity index (χ1v) is 9.19. The first-order valence-electron chi connectivity index (χ1n) is 7.54. The summed E-state index contributed by atoms with van der Waals surface area (Å²) < 4.78 is 31.2. The Morgan fingerprint density at radius 1 is 1.43 bits per heavy atom. The number of aliphatic hydroxyl groups is 1. The van der Waals surface area contributed by atoms with E-state index in [-0.39, 0.29) is 44.1 Å². The van der Waals surface area contributed by atoms with Crippen LogP contribution in [0.3, 0.4) is 0 Å². The molecule has 0 aromatic heterocycles. The fourth-order valence-corrected chi connectivity index (χ4v) is 3.31. The summed E-state index contributed by atoms with van der Waals surface area (Å²) in [5.74, 6) is -0.507. The highest BCUT2D eigenvalue weighted by atomic mass is 32.2. The van der Waals surface area contributed by atoms with Crippen LogP contribution in [-0.4, -0.2) is 61.6 Å². The smallest absolute Gasteiger partial charge is 0.410 e. The van der Waals surface area contributed by atoms with Gasteiger partial charge < -0.3 is 14.7 Å². The molecule has 1 amide bonds. The predicted molar refractivity (Wildman–Crippen MR) is 83.9 cm³/mol. The van der Waals surface area contributed by atoms with Crippen molar-refractivity contribution in [1.82, 2.24) is 9.62 Å². The minimum absolute atomic E-state index is 0.0509. The number of β-amino-alcohol motifs (C(OH)–C–C–N with tert-alkyl or cyclic N) is 1. The van der Waals surface area contributed by atoms with E-state index in [9.17, 15) is 18.3 Å². The van der Waals surface area contributed by atoms with Crippen molar-refractivity contribution in [3.05, 3.63) is 0 Å². The Morgan fingerprint density at radius 2 is 2.09 bits per heavy atom. The summed E-state index contributed by atoms with van der Waals surface area (Å²) >= 11 is 0. The number of carbonyl (C=O) groups is 1. The number of nitrogens with zero attached hydrogens (tertiary/aromatic N) is 2. The zero-order valence-corrected chi connectivity index (χ0v) is 14.6. The maximum atomic E-state index is 12.0. The monoisotopic (exact) mass is 347 g/mol. The van der Waals surface area contributed by atoms with Crippen molar-refractivity contribution in [3.63, 3.8) is 0 Å². The minimum Gasteiger partial charge on any atom is -0.444 e. The molecule has 9 heteroatoms. The topological polar surface area (TPSA) is 120 Å². The van der Waals surface area contributed by atoms with Crippen molar-refractivity contribution in [2.24, 2.45) is 5.92 Å². The third-order valence-electron chi connectivity index (χ3n) is 3.33. The lowest BCUT2D eigenvalue weighted by Gasteiger charge is -2.24. The fourth-order valence-electron chi connectivity index (χ4n) is 2.18. The molecule has 1 aliphatic heterocycles. The molecule has 132 valence electrons. The van der Waals surface area contributed by atoms with Crippen molar-refractivity contribution < 1.29 is 23.1 Å². The van der Waals surface area contributed by atoms with Crippen LogP contribution in [0.1, 0.15) is 33.6 Å². The van der Waals surface area contributed by atoms with E-state index in [1.165, 1.54) is 4.90 Å². The van der Waals surface area contributed by atoms with Crippen LogP contribution >= 0.6 is 0 Å². The van der Waals surface area contributed by atoms with Crippen LogP contribution in [0.15, 0.2) is 0 Å². The highest BCUT2D eigenvalue weighted by Crippen LogP contribution is 2.19. The largest absolute Gasteiger partial charge is 0.444 e. The predicted octanol–water partition coefficient (Wildman–Crippen LogP) is 0.437. The number of rotatable bonds is 6. The van der Waals surface area contributed by atoms with Gasteiger partial charge in [0.1, 0.15) is 5.60 Å². The van der Waals surface area contributed by atoms with Gasteiger partial charge in [0.2, 0.25) is 10.0 Å². The van der Waals surface area contributed by atoms with Crippen LogP contribution in [0.2, 0.25) is 0 Å².